The summed E-state index contributed by atoms with van der Waals surface area (Å²) >= 11 is 8.28. The van der Waals surface area contributed by atoms with Crippen molar-refractivity contribution in [3.63, 3.8) is 0 Å². The van der Waals surface area contributed by atoms with E-state index in [-0.39, 0.29) is 16.7 Å². The van der Waals surface area contributed by atoms with Crippen LogP contribution in [-0.4, -0.2) is 21.9 Å². The average molecular weight is 399 g/mol. The van der Waals surface area contributed by atoms with Gasteiger partial charge in [-0.3, -0.25) is 4.79 Å². The molecule has 2 N–H and O–H groups in total. The van der Waals surface area contributed by atoms with Gasteiger partial charge in [0.1, 0.15) is 11.6 Å². The molecule has 0 saturated heterocycles. The van der Waals surface area contributed by atoms with Crippen molar-refractivity contribution in [2.24, 2.45) is 0 Å². The van der Waals surface area contributed by atoms with Gasteiger partial charge in [0, 0.05) is 5.69 Å². The molecule has 0 saturated carbocycles. The van der Waals surface area contributed by atoms with Crippen LogP contribution in [-0.2, 0) is 11.3 Å². The van der Waals surface area contributed by atoms with Gasteiger partial charge >= 0.3 is 0 Å². The molecule has 2 heterocycles. The zero-order valence-corrected chi connectivity index (χ0v) is 15.1. The molecule has 3 aromatic rings. The number of nitrogens with one attached hydrogen (secondary N) is 2. The van der Waals surface area contributed by atoms with Gasteiger partial charge in [0.05, 0.1) is 23.6 Å². The molecule has 25 heavy (non-hydrogen) atoms. The molecule has 0 aliphatic heterocycles. The molecule has 0 spiro atoms. The number of rotatable bonds is 7. The number of amides is 1. The minimum absolute atomic E-state index is 0.0400. The quantitative estimate of drug-likeness (QED) is 0.578. The Morgan fingerprint density at radius 3 is 3.00 bits per heavy atom. The number of thioether (sulfide) groups is 1. The van der Waals surface area contributed by atoms with E-state index < -0.39 is 5.82 Å². The highest BCUT2D eigenvalue weighted by atomic mass is 35.5. The SMILES string of the molecule is O=C(CSc1nnc(NCc2ccco2)s1)Nc1ccc(F)c(Cl)c1. The molecule has 130 valence electrons. The van der Waals surface area contributed by atoms with Crippen molar-refractivity contribution >= 4 is 51.4 Å². The third-order valence-corrected chi connectivity index (χ3v) is 5.23. The molecule has 0 atom stereocenters. The van der Waals surface area contributed by atoms with Crippen molar-refractivity contribution in [3.05, 3.63) is 53.2 Å². The fraction of sp³-hybridized carbons (Fsp3) is 0.133. The number of benzene rings is 1. The lowest BCUT2D eigenvalue weighted by Crippen LogP contribution is -2.13. The molecule has 3 rings (SSSR count). The lowest BCUT2D eigenvalue weighted by atomic mass is 10.3. The Kier molecular flexibility index (Phi) is 5.90. The van der Waals surface area contributed by atoms with Crippen molar-refractivity contribution < 1.29 is 13.6 Å². The Bertz CT molecular complexity index is 857. The Morgan fingerprint density at radius 1 is 1.36 bits per heavy atom. The second-order valence-corrected chi connectivity index (χ2v) is 7.38. The summed E-state index contributed by atoms with van der Waals surface area (Å²) in [4.78, 5) is 11.9. The van der Waals surface area contributed by atoms with Gasteiger partial charge < -0.3 is 15.1 Å². The van der Waals surface area contributed by atoms with Crippen LogP contribution >= 0.6 is 34.7 Å². The van der Waals surface area contributed by atoms with Gasteiger partial charge in [-0.1, -0.05) is 34.7 Å². The Hall–Kier alpha value is -2.10. The molecular formula is C15H12ClFN4O2S2. The molecule has 0 fully saturated rings. The van der Waals surface area contributed by atoms with Crippen LogP contribution in [0.3, 0.4) is 0 Å². The molecule has 0 aliphatic carbocycles. The second kappa shape index (κ2) is 8.32. The third kappa shape index (κ3) is 5.18. The Morgan fingerprint density at radius 2 is 2.24 bits per heavy atom. The first-order chi connectivity index (χ1) is 12.1. The van der Waals surface area contributed by atoms with Crippen molar-refractivity contribution in [2.45, 2.75) is 10.9 Å². The second-order valence-electron chi connectivity index (χ2n) is 4.77. The molecule has 0 radical (unpaired) electrons. The average Bonchev–Trinajstić information content (AvgIpc) is 3.26. The maximum absolute atomic E-state index is 13.1. The Labute approximate surface area is 155 Å². The molecule has 2 aromatic heterocycles. The number of furan rings is 1. The van der Waals surface area contributed by atoms with E-state index in [9.17, 15) is 9.18 Å². The fourth-order valence-electron chi connectivity index (χ4n) is 1.81. The third-order valence-electron chi connectivity index (χ3n) is 2.93. The van der Waals surface area contributed by atoms with Crippen LogP contribution in [0.25, 0.3) is 0 Å². The lowest BCUT2D eigenvalue weighted by molar-refractivity contribution is -0.113. The number of anilines is 2. The van der Waals surface area contributed by atoms with Crippen LogP contribution in [0.5, 0.6) is 0 Å². The fourth-order valence-corrected chi connectivity index (χ4v) is 3.54. The Balaban J connectivity index is 1.46. The van der Waals surface area contributed by atoms with Crippen LogP contribution in [0.15, 0.2) is 45.4 Å². The molecule has 6 nitrogen and oxygen atoms in total. The van der Waals surface area contributed by atoms with Gasteiger partial charge in [-0.25, -0.2) is 4.39 Å². The minimum atomic E-state index is -0.530. The highest BCUT2D eigenvalue weighted by Crippen LogP contribution is 2.26. The van der Waals surface area contributed by atoms with Gasteiger partial charge in [-0.05, 0) is 30.3 Å². The van der Waals surface area contributed by atoms with Gasteiger partial charge in [0.25, 0.3) is 0 Å². The maximum atomic E-state index is 13.1. The molecular weight excluding hydrogens is 387 g/mol. The first kappa shape index (κ1) is 17.7. The summed E-state index contributed by atoms with van der Waals surface area (Å²) < 4.78 is 19.0. The summed E-state index contributed by atoms with van der Waals surface area (Å²) in [7, 11) is 0. The van der Waals surface area contributed by atoms with Crippen molar-refractivity contribution in [3.8, 4) is 0 Å². The highest BCUT2D eigenvalue weighted by Gasteiger charge is 2.10. The standard InChI is InChI=1S/C15H12ClFN4O2S2/c16-11-6-9(3-4-12(11)17)19-13(22)8-24-15-21-20-14(25-15)18-7-10-2-1-5-23-10/h1-6H,7-8H2,(H,18,20)(H,19,22). The number of carbonyl (C=O) groups is 1. The van der Waals surface area contributed by atoms with Gasteiger partial charge in [0.15, 0.2) is 4.34 Å². The number of hydrogen-bond donors (Lipinski definition) is 2. The predicted molar refractivity (Wildman–Crippen MR) is 96.7 cm³/mol. The number of halogens is 2. The van der Waals surface area contributed by atoms with E-state index in [4.69, 9.17) is 16.0 Å². The van der Waals surface area contributed by atoms with E-state index in [0.29, 0.717) is 21.7 Å². The molecule has 0 unspecified atom stereocenters. The maximum Gasteiger partial charge on any atom is 0.234 e. The van der Waals surface area contributed by atoms with Crippen molar-refractivity contribution in [1.29, 1.82) is 0 Å². The monoisotopic (exact) mass is 398 g/mol. The molecule has 10 heteroatoms. The number of nitrogens with zero attached hydrogens (tertiary/aromatic N) is 2. The minimum Gasteiger partial charge on any atom is -0.467 e. The van der Waals surface area contributed by atoms with E-state index >= 15 is 0 Å². The first-order valence-corrected chi connectivity index (χ1v) is 9.25. The van der Waals surface area contributed by atoms with Gasteiger partial charge in [-0.2, -0.15) is 0 Å². The van der Waals surface area contributed by atoms with E-state index in [1.165, 1.54) is 41.3 Å². The molecule has 1 amide bonds. The van der Waals surface area contributed by atoms with Crippen molar-refractivity contribution in [1.82, 2.24) is 10.2 Å². The van der Waals surface area contributed by atoms with Crippen molar-refractivity contribution in [2.75, 3.05) is 16.4 Å². The number of carbonyl (C=O) groups excluding carboxylic acids is 1. The zero-order valence-electron chi connectivity index (χ0n) is 12.7. The lowest BCUT2D eigenvalue weighted by Gasteiger charge is -2.04. The molecule has 1 aromatic carbocycles. The van der Waals surface area contributed by atoms with E-state index in [1.54, 1.807) is 6.26 Å². The molecule has 0 bridgehead atoms. The summed E-state index contributed by atoms with van der Waals surface area (Å²) in [6.45, 7) is 0.512. The summed E-state index contributed by atoms with van der Waals surface area (Å²) in [6.07, 6.45) is 1.60. The van der Waals surface area contributed by atoms with Crippen LogP contribution < -0.4 is 10.6 Å². The highest BCUT2D eigenvalue weighted by molar-refractivity contribution is 8.01. The smallest absolute Gasteiger partial charge is 0.234 e. The predicted octanol–water partition coefficient (Wildman–Crippen LogP) is 4.27. The van der Waals surface area contributed by atoms with Crippen LogP contribution in [0.2, 0.25) is 5.02 Å². The topological polar surface area (TPSA) is 80.1 Å². The zero-order chi connectivity index (χ0) is 17.6. The van der Waals surface area contributed by atoms with E-state index in [2.05, 4.69) is 20.8 Å². The normalized spacial score (nSPS) is 10.6. The first-order valence-electron chi connectivity index (χ1n) is 7.07. The largest absolute Gasteiger partial charge is 0.467 e. The van der Waals surface area contributed by atoms with Gasteiger partial charge in [0.2, 0.25) is 11.0 Å². The van der Waals surface area contributed by atoms with Crippen LogP contribution in [0, 0.1) is 5.82 Å². The van der Waals surface area contributed by atoms with E-state index in [1.807, 2.05) is 12.1 Å². The summed E-state index contributed by atoms with van der Waals surface area (Å²) in [6, 6.07) is 7.68. The summed E-state index contributed by atoms with van der Waals surface area (Å²) in [5, 5.41) is 14.4. The molecule has 0 aliphatic rings. The number of aromatic nitrogens is 2. The summed E-state index contributed by atoms with van der Waals surface area (Å²) in [5.41, 5.74) is 0.440. The summed E-state index contributed by atoms with van der Waals surface area (Å²) in [5.74, 6) is 0.175. The number of hydrogen-bond acceptors (Lipinski definition) is 7. The van der Waals surface area contributed by atoms with E-state index in [0.717, 1.165) is 5.76 Å². The van der Waals surface area contributed by atoms with Crippen LogP contribution in [0.4, 0.5) is 15.2 Å². The van der Waals surface area contributed by atoms with Crippen LogP contribution in [0.1, 0.15) is 5.76 Å². The van der Waals surface area contributed by atoms with Gasteiger partial charge in [-0.15, -0.1) is 10.2 Å².